The highest BCUT2D eigenvalue weighted by molar-refractivity contribution is 7.17. The molecule has 0 atom stereocenters. The Balaban J connectivity index is 2.43. The Labute approximate surface area is 97.3 Å². The first-order chi connectivity index (χ1) is 7.72. The van der Waals surface area contributed by atoms with E-state index in [1.54, 1.807) is 23.5 Å². The van der Waals surface area contributed by atoms with Crippen LogP contribution in [0.1, 0.15) is 22.8 Å². The van der Waals surface area contributed by atoms with E-state index in [1.807, 2.05) is 18.4 Å². The molecule has 0 saturated carbocycles. The lowest BCUT2D eigenvalue weighted by molar-refractivity contribution is 0.0697. The third kappa shape index (κ3) is 2.08. The standard InChI is InChI=1S/C12H12O3S/c1-2-15-6-9-7-16-11-4-3-8(12(13)14)5-10(9)11/h3-5,7H,2,6H2,1H3,(H,13,14). The van der Waals surface area contributed by atoms with Crippen molar-refractivity contribution >= 4 is 27.4 Å². The van der Waals surface area contributed by atoms with E-state index in [0.717, 1.165) is 15.6 Å². The summed E-state index contributed by atoms with van der Waals surface area (Å²) in [6, 6.07) is 5.19. The molecule has 0 aliphatic rings. The smallest absolute Gasteiger partial charge is 0.335 e. The van der Waals surface area contributed by atoms with Crippen LogP contribution in [-0.4, -0.2) is 17.7 Å². The van der Waals surface area contributed by atoms with E-state index in [2.05, 4.69) is 0 Å². The molecule has 0 aliphatic heterocycles. The third-order valence-corrected chi connectivity index (χ3v) is 3.37. The quantitative estimate of drug-likeness (QED) is 0.887. The van der Waals surface area contributed by atoms with Crippen molar-refractivity contribution in [2.75, 3.05) is 6.61 Å². The Hall–Kier alpha value is -1.39. The highest BCUT2D eigenvalue weighted by atomic mass is 32.1. The number of fused-ring (bicyclic) bond motifs is 1. The van der Waals surface area contributed by atoms with Crippen LogP contribution in [0.3, 0.4) is 0 Å². The van der Waals surface area contributed by atoms with Gasteiger partial charge in [-0.15, -0.1) is 11.3 Å². The number of thiophene rings is 1. The summed E-state index contributed by atoms with van der Waals surface area (Å²) < 4.78 is 6.44. The van der Waals surface area contributed by atoms with E-state index in [0.29, 0.717) is 18.8 Å². The largest absolute Gasteiger partial charge is 0.478 e. The van der Waals surface area contributed by atoms with E-state index in [9.17, 15) is 4.79 Å². The molecular weight excluding hydrogens is 224 g/mol. The van der Waals surface area contributed by atoms with E-state index in [-0.39, 0.29) is 0 Å². The number of rotatable bonds is 4. The molecule has 0 unspecified atom stereocenters. The average molecular weight is 236 g/mol. The molecule has 0 aliphatic carbocycles. The van der Waals surface area contributed by atoms with E-state index < -0.39 is 5.97 Å². The maximum absolute atomic E-state index is 10.9. The van der Waals surface area contributed by atoms with Crippen LogP contribution < -0.4 is 0 Å². The second-order valence-corrected chi connectivity index (χ2v) is 4.33. The van der Waals surface area contributed by atoms with E-state index in [1.165, 1.54) is 0 Å². The molecule has 4 heteroatoms. The fourth-order valence-electron chi connectivity index (χ4n) is 1.54. The SMILES string of the molecule is CCOCc1csc2ccc(C(=O)O)cc12. The van der Waals surface area contributed by atoms with E-state index >= 15 is 0 Å². The molecule has 0 amide bonds. The van der Waals surface area contributed by atoms with Crippen LogP contribution >= 0.6 is 11.3 Å². The Morgan fingerprint density at radius 1 is 1.50 bits per heavy atom. The maximum atomic E-state index is 10.9. The summed E-state index contributed by atoms with van der Waals surface area (Å²) in [4.78, 5) is 10.9. The molecule has 3 nitrogen and oxygen atoms in total. The number of hydrogen-bond acceptors (Lipinski definition) is 3. The molecule has 0 fully saturated rings. The van der Waals surface area contributed by atoms with Crippen LogP contribution in [-0.2, 0) is 11.3 Å². The molecular formula is C12H12O3S. The van der Waals surface area contributed by atoms with Crippen LogP contribution in [0.15, 0.2) is 23.6 Å². The van der Waals surface area contributed by atoms with Gasteiger partial charge in [0.1, 0.15) is 0 Å². The summed E-state index contributed by atoms with van der Waals surface area (Å²) >= 11 is 1.61. The summed E-state index contributed by atoms with van der Waals surface area (Å²) in [6.07, 6.45) is 0. The predicted octanol–water partition coefficient (Wildman–Crippen LogP) is 3.14. The van der Waals surface area contributed by atoms with Gasteiger partial charge in [-0.05, 0) is 41.5 Å². The number of carbonyl (C=O) groups is 1. The second-order valence-electron chi connectivity index (χ2n) is 3.41. The lowest BCUT2D eigenvalue weighted by atomic mass is 10.1. The number of hydrogen-bond donors (Lipinski definition) is 1. The van der Waals surface area contributed by atoms with Crippen LogP contribution in [0.25, 0.3) is 10.1 Å². The zero-order chi connectivity index (χ0) is 11.5. The minimum absolute atomic E-state index is 0.323. The lowest BCUT2D eigenvalue weighted by Crippen LogP contribution is -1.96. The minimum Gasteiger partial charge on any atom is -0.478 e. The lowest BCUT2D eigenvalue weighted by Gasteiger charge is -2.00. The van der Waals surface area contributed by atoms with Crippen molar-refractivity contribution in [3.05, 3.63) is 34.7 Å². The zero-order valence-corrected chi connectivity index (χ0v) is 9.71. The Morgan fingerprint density at radius 3 is 3.00 bits per heavy atom. The van der Waals surface area contributed by atoms with Crippen LogP contribution in [0.5, 0.6) is 0 Å². The van der Waals surface area contributed by atoms with E-state index in [4.69, 9.17) is 9.84 Å². The van der Waals surface area contributed by atoms with Crippen molar-refractivity contribution < 1.29 is 14.6 Å². The molecule has 1 heterocycles. The van der Waals surface area contributed by atoms with Gasteiger partial charge in [0.2, 0.25) is 0 Å². The van der Waals surface area contributed by atoms with Crippen molar-refractivity contribution in [3.63, 3.8) is 0 Å². The molecule has 0 bridgehead atoms. The van der Waals surface area contributed by atoms with Gasteiger partial charge in [0.15, 0.2) is 0 Å². The van der Waals surface area contributed by atoms with Gasteiger partial charge in [0, 0.05) is 11.3 Å². The second kappa shape index (κ2) is 4.63. The fourth-order valence-corrected chi connectivity index (χ4v) is 2.47. The molecule has 1 aromatic carbocycles. The summed E-state index contributed by atoms with van der Waals surface area (Å²) in [5.41, 5.74) is 1.38. The normalized spacial score (nSPS) is 10.8. The molecule has 1 N–H and O–H groups in total. The van der Waals surface area contributed by atoms with Crippen molar-refractivity contribution in [1.82, 2.24) is 0 Å². The molecule has 2 rings (SSSR count). The Kier molecular flexibility index (Phi) is 3.22. The molecule has 0 spiro atoms. The molecule has 2 aromatic rings. The monoisotopic (exact) mass is 236 g/mol. The van der Waals surface area contributed by atoms with Crippen molar-refractivity contribution in [2.45, 2.75) is 13.5 Å². The van der Waals surface area contributed by atoms with Crippen LogP contribution in [0, 0.1) is 0 Å². The molecule has 1 aromatic heterocycles. The number of carboxylic acid groups (broad SMARTS) is 1. The summed E-state index contributed by atoms with van der Waals surface area (Å²) in [5.74, 6) is -0.893. The third-order valence-electron chi connectivity index (χ3n) is 2.36. The summed E-state index contributed by atoms with van der Waals surface area (Å²) in [7, 11) is 0. The minimum atomic E-state index is -0.893. The zero-order valence-electron chi connectivity index (χ0n) is 8.90. The van der Waals surface area contributed by atoms with Gasteiger partial charge in [0.25, 0.3) is 0 Å². The summed E-state index contributed by atoms with van der Waals surface area (Å²) in [5, 5.41) is 11.9. The van der Waals surface area contributed by atoms with Gasteiger partial charge in [-0.1, -0.05) is 0 Å². The Bertz CT molecular complexity index is 516. The number of carboxylic acids is 1. The van der Waals surface area contributed by atoms with Gasteiger partial charge < -0.3 is 9.84 Å². The van der Waals surface area contributed by atoms with Gasteiger partial charge >= 0.3 is 5.97 Å². The summed E-state index contributed by atoms with van der Waals surface area (Å²) in [6.45, 7) is 3.15. The fraction of sp³-hybridized carbons (Fsp3) is 0.250. The topological polar surface area (TPSA) is 46.5 Å². The number of benzene rings is 1. The first-order valence-corrected chi connectivity index (χ1v) is 5.91. The van der Waals surface area contributed by atoms with Gasteiger partial charge in [0.05, 0.1) is 12.2 Å². The molecule has 84 valence electrons. The van der Waals surface area contributed by atoms with Crippen molar-refractivity contribution in [1.29, 1.82) is 0 Å². The molecule has 0 saturated heterocycles. The van der Waals surface area contributed by atoms with Crippen LogP contribution in [0.4, 0.5) is 0 Å². The molecule has 0 radical (unpaired) electrons. The average Bonchev–Trinajstić information content (AvgIpc) is 2.68. The predicted molar refractivity (Wildman–Crippen MR) is 64.1 cm³/mol. The van der Waals surface area contributed by atoms with Crippen LogP contribution in [0.2, 0.25) is 0 Å². The first kappa shape index (κ1) is 11.1. The van der Waals surface area contributed by atoms with Crippen molar-refractivity contribution in [2.24, 2.45) is 0 Å². The van der Waals surface area contributed by atoms with Gasteiger partial charge in [-0.3, -0.25) is 0 Å². The number of aromatic carboxylic acids is 1. The van der Waals surface area contributed by atoms with Gasteiger partial charge in [-0.2, -0.15) is 0 Å². The Morgan fingerprint density at radius 2 is 2.31 bits per heavy atom. The van der Waals surface area contributed by atoms with Gasteiger partial charge in [-0.25, -0.2) is 4.79 Å². The molecule has 16 heavy (non-hydrogen) atoms. The highest BCUT2D eigenvalue weighted by Crippen LogP contribution is 2.27. The highest BCUT2D eigenvalue weighted by Gasteiger charge is 2.08. The van der Waals surface area contributed by atoms with Crippen molar-refractivity contribution in [3.8, 4) is 0 Å². The number of ether oxygens (including phenoxy) is 1. The first-order valence-electron chi connectivity index (χ1n) is 5.03. The maximum Gasteiger partial charge on any atom is 0.335 e.